The van der Waals surface area contributed by atoms with Gasteiger partial charge in [-0.05, 0) is 88.1 Å². The Morgan fingerprint density at radius 3 is 1.33 bits per heavy atom. The van der Waals surface area contributed by atoms with Crippen LogP contribution in [0.2, 0.25) is 0 Å². The van der Waals surface area contributed by atoms with Crippen molar-refractivity contribution in [3.63, 3.8) is 0 Å². The van der Waals surface area contributed by atoms with Gasteiger partial charge in [0.2, 0.25) is 23.1 Å². The van der Waals surface area contributed by atoms with E-state index in [1.165, 1.54) is 0 Å². The number of carbonyl (C=O) groups is 4. The van der Waals surface area contributed by atoms with Crippen LogP contribution in [0.1, 0.15) is 80.8 Å². The van der Waals surface area contributed by atoms with E-state index in [-0.39, 0.29) is 11.8 Å². The number of fused-ring (bicyclic) bond motifs is 2. The molecule has 0 aliphatic heterocycles. The number of nitrogens with zero attached hydrogens (tertiary/aromatic N) is 10. The van der Waals surface area contributed by atoms with Crippen molar-refractivity contribution in [1.82, 2.24) is 37.8 Å². The lowest BCUT2D eigenvalue weighted by molar-refractivity contribution is 0.0976. The van der Waals surface area contributed by atoms with Gasteiger partial charge >= 0.3 is 0 Å². The fourth-order valence-electron chi connectivity index (χ4n) is 6.92. The molecule has 54 heavy (non-hydrogen) atoms. The van der Waals surface area contributed by atoms with Gasteiger partial charge in [0.1, 0.15) is 11.4 Å². The number of benzene rings is 2. The molecule has 2 unspecified atom stereocenters. The van der Waals surface area contributed by atoms with E-state index in [2.05, 4.69) is 34.0 Å². The third-order valence-electron chi connectivity index (χ3n) is 10.1. The van der Waals surface area contributed by atoms with Crippen LogP contribution in [0.4, 0.5) is 0 Å². The van der Waals surface area contributed by atoms with Gasteiger partial charge in [0.25, 0.3) is 11.8 Å². The minimum Gasteiger partial charge on any atom is -0.366 e. The third kappa shape index (κ3) is 6.81. The maximum absolute atomic E-state index is 13.7. The monoisotopic (exact) mass is 734 g/mol. The quantitative estimate of drug-likeness (QED) is 0.205. The molecular weight excluding hydrogens is 688 g/mol. The average molecular weight is 735 g/mol. The summed E-state index contributed by atoms with van der Waals surface area (Å²) in [6.07, 6.45) is 0. The number of nitrogens with two attached hydrogens (primary N) is 2. The zero-order chi connectivity index (χ0) is 39.2. The number of carbonyl (C=O) groups excluding carboxylic acids is 4. The van der Waals surface area contributed by atoms with Gasteiger partial charge in [0.05, 0.1) is 33.5 Å². The van der Waals surface area contributed by atoms with Gasteiger partial charge in [-0.25, -0.2) is 0 Å². The van der Waals surface area contributed by atoms with E-state index in [1.54, 1.807) is 69.0 Å². The van der Waals surface area contributed by atoms with Crippen molar-refractivity contribution in [3.8, 4) is 0 Å². The summed E-state index contributed by atoms with van der Waals surface area (Å²) in [6, 6.07) is 13.8. The number of hydrogen-bond donors (Lipinski definition) is 2. The Balaban J connectivity index is 1.44. The van der Waals surface area contributed by atoms with E-state index >= 15 is 0 Å². The van der Waals surface area contributed by atoms with Crippen molar-refractivity contribution in [1.29, 1.82) is 0 Å². The number of rotatable bonds is 11. The van der Waals surface area contributed by atoms with Gasteiger partial charge in [-0.15, -0.1) is 0 Å². The summed E-state index contributed by atoms with van der Waals surface area (Å²) in [5.74, 6) is -2.05. The van der Waals surface area contributed by atoms with Crippen molar-refractivity contribution in [3.05, 3.63) is 93.7 Å². The molecule has 4 N–H and O–H groups in total. The molecule has 0 bridgehead atoms. The van der Waals surface area contributed by atoms with Crippen LogP contribution in [-0.4, -0.2) is 61.5 Å². The lowest BCUT2D eigenvalue weighted by Gasteiger charge is -2.22. The zero-order valence-electron chi connectivity index (χ0n) is 31.9. The number of amides is 4. The standard InChI is InChI=1S/C38H46N12O4/c1-9-49-31(15-23(5)43-49)35(53)41-37-45(7)29-17-25(33(39)51)11-13-27(29)47(37)19-21(3)22(4)20-48-28-14-12-26(34(40)52)18-30(28)46(8)38(48)42-36(54)32-16-24(6)44-50(32)10-2/h11-18,21-22H,9-10,19-20H2,1-8H3,(H2,39,51)(H2,40,52)/b41-37+,42-38+. The summed E-state index contributed by atoms with van der Waals surface area (Å²) in [7, 11) is 3.60. The molecule has 0 fully saturated rings. The first-order valence-corrected chi connectivity index (χ1v) is 17.9. The fraction of sp³-hybridized carbons (Fsp3) is 0.368. The molecule has 6 aromatic rings. The van der Waals surface area contributed by atoms with Crippen LogP contribution >= 0.6 is 0 Å². The van der Waals surface area contributed by atoms with Crippen LogP contribution < -0.4 is 22.7 Å². The van der Waals surface area contributed by atoms with Gasteiger partial charge in [0.15, 0.2) is 0 Å². The normalized spacial score (nSPS) is 13.6. The summed E-state index contributed by atoms with van der Waals surface area (Å²) in [5.41, 5.74) is 17.8. The van der Waals surface area contributed by atoms with E-state index in [1.807, 2.05) is 49.0 Å². The van der Waals surface area contributed by atoms with E-state index in [0.717, 1.165) is 11.0 Å². The topological polar surface area (TPSA) is 200 Å². The minimum absolute atomic E-state index is 0.0238. The molecule has 0 saturated carbocycles. The highest BCUT2D eigenvalue weighted by Gasteiger charge is 2.23. The van der Waals surface area contributed by atoms with E-state index in [9.17, 15) is 19.2 Å². The van der Waals surface area contributed by atoms with Crippen LogP contribution in [0.5, 0.6) is 0 Å². The van der Waals surface area contributed by atoms with Gasteiger partial charge in [-0.3, -0.25) is 28.5 Å². The highest BCUT2D eigenvalue weighted by atomic mass is 16.2. The number of primary amides is 2. The molecule has 0 aliphatic rings. The van der Waals surface area contributed by atoms with E-state index < -0.39 is 23.6 Å². The fourth-order valence-corrected chi connectivity index (χ4v) is 6.92. The number of imidazole rings is 2. The largest absolute Gasteiger partial charge is 0.366 e. The summed E-state index contributed by atoms with van der Waals surface area (Å²) in [5, 5.41) is 8.84. The second-order valence-corrected chi connectivity index (χ2v) is 13.8. The summed E-state index contributed by atoms with van der Waals surface area (Å²) < 4.78 is 10.8. The molecule has 4 amide bonds. The Labute approximate surface area is 311 Å². The smallest absolute Gasteiger partial charge is 0.298 e. The molecule has 4 aromatic heterocycles. The maximum atomic E-state index is 13.7. The molecule has 0 spiro atoms. The molecule has 0 aliphatic carbocycles. The van der Waals surface area contributed by atoms with Crippen LogP contribution in [-0.2, 0) is 40.3 Å². The Hall–Kier alpha value is -6.32. The highest BCUT2D eigenvalue weighted by Crippen LogP contribution is 2.23. The van der Waals surface area contributed by atoms with Crippen molar-refractivity contribution in [2.24, 2.45) is 47.4 Å². The van der Waals surface area contributed by atoms with Crippen LogP contribution in [0.15, 0.2) is 58.5 Å². The SMILES string of the molecule is CCn1nc(C)cc1C(=O)/N=c1\n(C)c2cc(C(N)=O)ccc2n1CC(C)C(C)Cn1/c(=N/C(=O)c2cc(C)nn2CC)n(C)c2cc(C(N)=O)ccc21. The summed E-state index contributed by atoms with van der Waals surface area (Å²) in [6.45, 7) is 13.6. The molecule has 6 rings (SSSR count). The first-order chi connectivity index (χ1) is 25.6. The second-order valence-electron chi connectivity index (χ2n) is 13.8. The summed E-state index contributed by atoms with van der Waals surface area (Å²) in [4.78, 5) is 60.9. The first-order valence-electron chi connectivity index (χ1n) is 17.9. The molecule has 2 aromatic carbocycles. The van der Waals surface area contributed by atoms with Gasteiger partial charge in [-0.2, -0.15) is 20.2 Å². The van der Waals surface area contributed by atoms with Crippen LogP contribution in [0.25, 0.3) is 22.1 Å². The summed E-state index contributed by atoms with van der Waals surface area (Å²) >= 11 is 0. The van der Waals surface area contributed by atoms with Crippen LogP contribution in [0, 0.1) is 25.7 Å². The minimum atomic E-state index is -0.562. The van der Waals surface area contributed by atoms with Gasteiger partial charge in [-0.1, -0.05) is 13.8 Å². The van der Waals surface area contributed by atoms with Gasteiger partial charge in [0, 0.05) is 51.4 Å². The molecular formula is C38H46N12O4. The molecule has 16 heteroatoms. The van der Waals surface area contributed by atoms with Gasteiger partial charge < -0.3 is 29.7 Å². The Bertz CT molecular complexity index is 2440. The van der Waals surface area contributed by atoms with E-state index in [0.29, 0.717) is 82.4 Å². The van der Waals surface area contributed by atoms with Crippen molar-refractivity contribution in [2.45, 2.75) is 67.7 Å². The second kappa shape index (κ2) is 14.6. The lowest BCUT2D eigenvalue weighted by Crippen LogP contribution is -2.32. The first kappa shape index (κ1) is 37.4. The zero-order valence-corrected chi connectivity index (χ0v) is 31.9. The van der Waals surface area contributed by atoms with Crippen molar-refractivity contribution >= 4 is 45.7 Å². The van der Waals surface area contributed by atoms with Crippen molar-refractivity contribution < 1.29 is 19.2 Å². The Morgan fingerprint density at radius 2 is 1.00 bits per heavy atom. The third-order valence-corrected chi connectivity index (χ3v) is 10.1. The molecule has 4 heterocycles. The number of aryl methyl sites for hydroxylation is 6. The van der Waals surface area contributed by atoms with Crippen molar-refractivity contribution in [2.75, 3.05) is 0 Å². The molecule has 0 saturated heterocycles. The predicted molar refractivity (Wildman–Crippen MR) is 202 cm³/mol. The number of aromatic nitrogens is 8. The number of hydrogen-bond acceptors (Lipinski definition) is 6. The van der Waals surface area contributed by atoms with E-state index in [4.69, 9.17) is 11.5 Å². The highest BCUT2D eigenvalue weighted by molar-refractivity contribution is 5.98. The van der Waals surface area contributed by atoms with Crippen LogP contribution in [0.3, 0.4) is 0 Å². The predicted octanol–water partition coefficient (Wildman–Crippen LogP) is 2.98. The molecule has 16 nitrogen and oxygen atoms in total. The Kier molecular flexibility index (Phi) is 10.1. The molecule has 2 atom stereocenters. The Morgan fingerprint density at radius 1 is 0.630 bits per heavy atom. The molecule has 282 valence electrons. The average Bonchev–Trinajstić information content (AvgIpc) is 3.86. The lowest BCUT2D eigenvalue weighted by atomic mass is 9.95. The maximum Gasteiger partial charge on any atom is 0.298 e. The molecule has 0 radical (unpaired) electrons.